The molecule has 0 atom stereocenters. The summed E-state index contributed by atoms with van der Waals surface area (Å²) in [6.45, 7) is 6.44. The van der Waals surface area contributed by atoms with Gasteiger partial charge in [0.1, 0.15) is 0 Å². The van der Waals surface area contributed by atoms with Gasteiger partial charge in [-0.1, -0.05) is 20.8 Å². The molecule has 5 nitrogen and oxygen atoms in total. The van der Waals surface area contributed by atoms with Crippen LogP contribution in [0.1, 0.15) is 26.5 Å². The lowest BCUT2D eigenvalue weighted by Crippen LogP contribution is -2.21. The molecule has 0 aromatic carbocycles. The van der Waals surface area contributed by atoms with E-state index in [1.807, 2.05) is 20.8 Å². The smallest absolute Gasteiger partial charge is 0.222 e. The van der Waals surface area contributed by atoms with Gasteiger partial charge >= 0.3 is 0 Å². The molecule has 16 heavy (non-hydrogen) atoms. The molecule has 1 rings (SSSR count). The van der Waals surface area contributed by atoms with Gasteiger partial charge < -0.3 is 16.8 Å². The molecule has 1 heterocycles. The minimum atomic E-state index is -0.463. The summed E-state index contributed by atoms with van der Waals surface area (Å²) in [4.78, 5) is 7.74. The fraction of sp³-hybridized carbons (Fsp3) is 0.600. The Morgan fingerprint density at radius 2 is 1.94 bits per heavy atom. The van der Waals surface area contributed by atoms with Crippen molar-refractivity contribution in [3.63, 3.8) is 0 Å². The average Bonchev–Trinajstić information content (AvgIpc) is 2.17. The first-order valence-electron chi connectivity index (χ1n) is 5.13. The van der Waals surface area contributed by atoms with Gasteiger partial charge in [0, 0.05) is 18.5 Å². The highest BCUT2D eigenvalue weighted by Crippen LogP contribution is 2.26. The van der Waals surface area contributed by atoms with E-state index in [0.717, 1.165) is 0 Å². The van der Waals surface area contributed by atoms with Gasteiger partial charge in [-0.3, -0.25) is 0 Å². The second-order valence-electron chi connectivity index (χ2n) is 4.56. The fourth-order valence-electron chi connectivity index (χ4n) is 1.27. The number of rotatable bonds is 3. The molecule has 0 bridgehead atoms. The van der Waals surface area contributed by atoms with Crippen molar-refractivity contribution in [2.75, 3.05) is 24.1 Å². The van der Waals surface area contributed by atoms with Gasteiger partial charge in [0.2, 0.25) is 5.95 Å². The van der Waals surface area contributed by atoms with E-state index in [9.17, 15) is 4.39 Å². The second kappa shape index (κ2) is 4.61. The highest BCUT2D eigenvalue weighted by Gasteiger charge is 2.24. The molecule has 90 valence electrons. The van der Waals surface area contributed by atoms with Crippen LogP contribution >= 0.6 is 0 Å². The quantitative estimate of drug-likeness (QED) is 0.712. The van der Waals surface area contributed by atoms with Gasteiger partial charge in [0.05, 0.1) is 5.69 Å². The Kier molecular flexibility index (Phi) is 3.64. The minimum absolute atomic E-state index is 0.0610. The summed E-state index contributed by atoms with van der Waals surface area (Å²) < 4.78 is 14.0. The van der Waals surface area contributed by atoms with E-state index in [1.165, 1.54) is 0 Å². The maximum absolute atomic E-state index is 14.0. The molecule has 6 heteroatoms. The SMILES string of the molecule is CC(C)(C)c1nc(N)nc(NCCN)c1F. The molecule has 0 unspecified atom stereocenters. The highest BCUT2D eigenvalue weighted by atomic mass is 19.1. The van der Waals surface area contributed by atoms with E-state index in [4.69, 9.17) is 11.5 Å². The number of anilines is 2. The summed E-state index contributed by atoms with van der Waals surface area (Å²) in [5.41, 5.74) is 10.8. The van der Waals surface area contributed by atoms with Crippen LogP contribution in [0.5, 0.6) is 0 Å². The number of hydrogen-bond acceptors (Lipinski definition) is 5. The van der Waals surface area contributed by atoms with E-state index < -0.39 is 11.2 Å². The summed E-state index contributed by atoms with van der Waals surface area (Å²) in [5.74, 6) is -0.288. The molecule has 0 fully saturated rings. The number of nitrogen functional groups attached to an aromatic ring is 1. The minimum Gasteiger partial charge on any atom is -0.368 e. The van der Waals surface area contributed by atoms with Crippen LogP contribution in [0.15, 0.2) is 0 Å². The summed E-state index contributed by atoms with van der Waals surface area (Å²) in [6.07, 6.45) is 0. The molecule has 1 aromatic rings. The molecule has 0 spiro atoms. The number of nitrogens with two attached hydrogens (primary N) is 2. The third-order valence-corrected chi connectivity index (χ3v) is 2.02. The first-order chi connectivity index (χ1) is 7.36. The van der Waals surface area contributed by atoms with Crippen molar-refractivity contribution in [1.29, 1.82) is 0 Å². The topological polar surface area (TPSA) is 89.8 Å². The lowest BCUT2D eigenvalue weighted by Gasteiger charge is -2.20. The molecule has 5 N–H and O–H groups in total. The Balaban J connectivity index is 3.16. The third-order valence-electron chi connectivity index (χ3n) is 2.02. The van der Waals surface area contributed by atoms with E-state index >= 15 is 0 Å². The first-order valence-corrected chi connectivity index (χ1v) is 5.13. The molecule has 0 aliphatic heterocycles. The first kappa shape index (κ1) is 12.6. The predicted octanol–water partition coefficient (Wildman–Crippen LogP) is 0.866. The summed E-state index contributed by atoms with van der Waals surface area (Å²) in [6, 6.07) is 0. The van der Waals surface area contributed by atoms with Crippen molar-refractivity contribution in [2.45, 2.75) is 26.2 Å². The van der Waals surface area contributed by atoms with Crippen LogP contribution in [0.25, 0.3) is 0 Å². The highest BCUT2D eigenvalue weighted by molar-refractivity contribution is 5.44. The molecule has 1 aromatic heterocycles. The number of aromatic nitrogens is 2. The van der Waals surface area contributed by atoms with Gasteiger partial charge in [-0.2, -0.15) is 4.98 Å². The van der Waals surface area contributed by atoms with Crippen molar-refractivity contribution >= 4 is 11.8 Å². The lowest BCUT2D eigenvalue weighted by atomic mass is 9.91. The van der Waals surface area contributed by atoms with Crippen molar-refractivity contribution in [1.82, 2.24) is 9.97 Å². The zero-order chi connectivity index (χ0) is 12.3. The normalized spacial score (nSPS) is 11.6. The average molecular weight is 227 g/mol. The molecular weight excluding hydrogens is 209 g/mol. The summed E-state index contributed by atoms with van der Waals surface area (Å²) in [5, 5.41) is 2.78. The van der Waals surface area contributed by atoms with Crippen LogP contribution < -0.4 is 16.8 Å². The largest absolute Gasteiger partial charge is 0.368 e. The third kappa shape index (κ3) is 2.79. The predicted molar refractivity (Wildman–Crippen MR) is 62.6 cm³/mol. The number of hydrogen-bond donors (Lipinski definition) is 3. The Bertz CT molecular complexity index is 372. The standard InChI is InChI=1S/C10H18FN5/c1-10(2,3)7-6(11)8(14-5-4-12)16-9(13)15-7/h4-5,12H2,1-3H3,(H3,13,14,15,16). The Hall–Kier alpha value is -1.43. The molecule has 0 saturated carbocycles. The van der Waals surface area contributed by atoms with E-state index in [2.05, 4.69) is 15.3 Å². The van der Waals surface area contributed by atoms with Crippen LogP contribution in [0.3, 0.4) is 0 Å². The van der Waals surface area contributed by atoms with Crippen molar-refractivity contribution in [2.24, 2.45) is 5.73 Å². The van der Waals surface area contributed by atoms with Gasteiger partial charge in [0.25, 0.3) is 0 Å². The maximum atomic E-state index is 14.0. The Labute approximate surface area is 94.5 Å². The molecular formula is C10H18FN5. The molecule has 0 saturated heterocycles. The second-order valence-corrected chi connectivity index (χ2v) is 4.56. The Morgan fingerprint density at radius 3 is 2.44 bits per heavy atom. The van der Waals surface area contributed by atoms with E-state index in [0.29, 0.717) is 18.8 Å². The summed E-state index contributed by atoms with van der Waals surface area (Å²) >= 11 is 0. The lowest BCUT2D eigenvalue weighted by molar-refractivity contribution is 0.501. The number of nitrogens with zero attached hydrogens (tertiary/aromatic N) is 2. The Morgan fingerprint density at radius 1 is 1.31 bits per heavy atom. The summed E-state index contributed by atoms with van der Waals surface area (Å²) in [7, 11) is 0. The van der Waals surface area contributed by atoms with Crippen LogP contribution in [0.2, 0.25) is 0 Å². The van der Waals surface area contributed by atoms with Crippen LogP contribution in [-0.4, -0.2) is 23.1 Å². The van der Waals surface area contributed by atoms with Gasteiger partial charge in [-0.15, -0.1) is 0 Å². The fourth-order valence-corrected chi connectivity index (χ4v) is 1.27. The van der Waals surface area contributed by atoms with Gasteiger partial charge in [0.15, 0.2) is 11.6 Å². The maximum Gasteiger partial charge on any atom is 0.222 e. The van der Waals surface area contributed by atoms with Crippen molar-refractivity contribution in [3.8, 4) is 0 Å². The monoisotopic (exact) mass is 227 g/mol. The van der Waals surface area contributed by atoms with Gasteiger partial charge in [-0.05, 0) is 0 Å². The van der Waals surface area contributed by atoms with Crippen LogP contribution in [0, 0.1) is 5.82 Å². The number of halogens is 1. The van der Waals surface area contributed by atoms with Crippen molar-refractivity contribution in [3.05, 3.63) is 11.5 Å². The zero-order valence-electron chi connectivity index (χ0n) is 9.84. The van der Waals surface area contributed by atoms with E-state index in [-0.39, 0.29) is 11.8 Å². The molecule has 0 radical (unpaired) electrons. The van der Waals surface area contributed by atoms with Gasteiger partial charge in [-0.25, -0.2) is 9.37 Å². The number of nitrogens with one attached hydrogen (secondary N) is 1. The zero-order valence-corrected chi connectivity index (χ0v) is 9.84. The van der Waals surface area contributed by atoms with Crippen LogP contribution in [0.4, 0.5) is 16.2 Å². The van der Waals surface area contributed by atoms with E-state index in [1.54, 1.807) is 0 Å². The molecule has 0 aliphatic carbocycles. The van der Waals surface area contributed by atoms with Crippen molar-refractivity contribution < 1.29 is 4.39 Å². The van der Waals surface area contributed by atoms with Crippen LogP contribution in [-0.2, 0) is 5.41 Å². The molecule has 0 aliphatic rings. The molecule has 0 amide bonds.